The number of rotatable bonds is 2. The molecule has 124 valence electrons. The van der Waals surface area contributed by atoms with Crippen LogP contribution in [-0.4, -0.2) is 40.8 Å². The number of hydrogen-bond donors (Lipinski definition) is 1. The third-order valence-corrected chi connectivity index (χ3v) is 3.90. The van der Waals surface area contributed by atoms with E-state index in [2.05, 4.69) is 14.5 Å². The molecule has 8 heteroatoms. The van der Waals surface area contributed by atoms with E-state index in [-0.39, 0.29) is 40.9 Å². The Morgan fingerprint density at radius 3 is 2.67 bits per heavy atom. The third-order valence-electron chi connectivity index (χ3n) is 3.90. The van der Waals surface area contributed by atoms with Gasteiger partial charge in [-0.1, -0.05) is 0 Å². The van der Waals surface area contributed by atoms with Gasteiger partial charge in [0.05, 0.1) is 30.7 Å². The Labute approximate surface area is 135 Å². The van der Waals surface area contributed by atoms with Crippen LogP contribution >= 0.6 is 0 Å². The van der Waals surface area contributed by atoms with Crippen LogP contribution in [0.2, 0.25) is 0 Å². The van der Waals surface area contributed by atoms with Gasteiger partial charge >= 0.3 is 11.9 Å². The summed E-state index contributed by atoms with van der Waals surface area (Å²) in [6.45, 7) is 0.274. The Balaban J connectivity index is 2.23. The van der Waals surface area contributed by atoms with Crippen LogP contribution < -0.4 is 5.56 Å². The van der Waals surface area contributed by atoms with Gasteiger partial charge in [-0.05, 0) is 24.6 Å². The molecular weight excluding hydrogens is 316 g/mol. The molecule has 0 spiro atoms. The molecule has 0 unspecified atom stereocenters. The van der Waals surface area contributed by atoms with Gasteiger partial charge in [0.25, 0.3) is 5.56 Å². The van der Waals surface area contributed by atoms with Crippen molar-refractivity contribution in [1.82, 2.24) is 9.55 Å². The fourth-order valence-corrected chi connectivity index (χ4v) is 2.68. The number of allylic oxidation sites excluding steroid dienone is 1. The van der Waals surface area contributed by atoms with Gasteiger partial charge < -0.3 is 14.6 Å². The average Bonchev–Trinajstić information content (AvgIpc) is 3.03. The lowest BCUT2D eigenvalue weighted by Crippen LogP contribution is -2.21. The second-order valence-corrected chi connectivity index (χ2v) is 5.18. The molecule has 0 bridgehead atoms. The molecule has 0 aliphatic carbocycles. The summed E-state index contributed by atoms with van der Waals surface area (Å²) in [5.74, 6) is -1.76. The highest BCUT2D eigenvalue weighted by Crippen LogP contribution is 2.28. The zero-order chi connectivity index (χ0) is 17.4. The second kappa shape index (κ2) is 5.80. The summed E-state index contributed by atoms with van der Waals surface area (Å²) in [5, 5.41) is 10.2. The van der Waals surface area contributed by atoms with Crippen LogP contribution in [0.5, 0.6) is 0 Å². The van der Waals surface area contributed by atoms with Gasteiger partial charge in [-0.2, -0.15) is 0 Å². The predicted octanol–water partition coefficient (Wildman–Crippen LogP) is 1.03. The standard InChI is InChI=1S/C16H14N2O6/c1-23-15(21)8-3-4-11-10(7-8)14(20)18-6-5-9(13(18)17-11)12(19)16(22)24-2/h3-4,7,19H,5-6H2,1-2H3/b12-9-. The zero-order valence-corrected chi connectivity index (χ0v) is 13.0. The van der Waals surface area contributed by atoms with Gasteiger partial charge in [0.15, 0.2) is 0 Å². The molecule has 1 aliphatic heterocycles. The highest BCUT2D eigenvalue weighted by atomic mass is 16.5. The maximum absolute atomic E-state index is 12.6. The Hall–Kier alpha value is -3.16. The number of hydrogen-bond acceptors (Lipinski definition) is 7. The predicted molar refractivity (Wildman–Crippen MR) is 83.5 cm³/mol. The van der Waals surface area contributed by atoms with E-state index in [1.165, 1.54) is 29.9 Å². The van der Waals surface area contributed by atoms with Crippen molar-refractivity contribution in [1.29, 1.82) is 0 Å². The van der Waals surface area contributed by atoms with Gasteiger partial charge in [0.1, 0.15) is 5.82 Å². The van der Waals surface area contributed by atoms with Gasteiger partial charge in [-0.3, -0.25) is 9.36 Å². The van der Waals surface area contributed by atoms with E-state index in [0.717, 1.165) is 7.11 Å². The molecule has 3 rings (SSSR count). The lowest BCUT2D eigenvalue weighted by Gasteiger charge is -2.07. The smallest absolute Gasteiger partial charge is 0.373 e. The maximum Gasteiger partial charge on any atom is 0.373 e. The topological polar surface area (TPSA) is 108 Å². The maximum atomic E-state index is 12.6. The van der Waals surface area contributed by atoms with E-state index in [1.807, 2.05) is 0 Å². The van der Waals surface area contributed by atoms with Crippen molar-refractivity contribution in [2.45, 2.75) is 13.0 Å². The number of carbonyl (C=O) groups is 2. The van der Waals surface area contributed by atoms with Gasteiger partial charge in [0, 0.05) is 12.1 Å². The van der Waals surface area contributed by atoms with Crippen molar-refractivity contribution in [3.8, 4) is 0 Å². The van der Waals surface area contributed by atoms with Crippen LogP contribution in [0.15, 0.2) is 28.8 Å². The van der Waals surface area contributed by atoms with Gasteiger partial charge in [-0.25, -0.2) is 14.6 Å². The fraction of sp³-hybridized carbons (Fsp3) is 0.250. The van der Waals surface area contributed by atoms with Gasteiger partial charge in [-0.15, -0.1) is 0 Å². The van der Waals surface area contributed by atoms with Crippen molar-refractivity contribution < 1.29 is 24.2 Å². The summed E-state index contributed by atoms with van der Waals surface area (Å²) in [4.78, 5) is 40.1. The summed E-state index contributed by atoms with van der Waals surface area (Å²) < 4.78 is 10.5. The van der Waals surface area contributed by atoms with Crippen LogP contribution in [0.3, 0.4) is 0 Å². The van der Waals surface area contributed by atoms with Crippen LogP contribution in [0.1, 0.15) is 22.6 Å². The molecule has 2 aromatic rings. The van der Waals surface area contributed by atoms with Crippen molar-refractivity contribution in [3.05, 3.63) is 45.7 Å². The summed E-state index contributed by atoms with van der Waals surface area (Å²) in [6.07, 6.45) is 0.281. The molecule has 1 aromatic heterocycles. The average molecular weight is 330 g/mol. The lowest BCUT2D eigenvalue weighted by molar-refractivity contribution is -0.138. The molecule has 8 nitrogen and oxygen atoms in total. The Bertz CT molecular complexity index is 957. The molecule has 0 saturated carbocycles. The van der Waals surface area contributed by atoms with Crippen molar-refractivity contribution >= 4 is 28.4 Å². The number of nitrogens with zero attached hydrogens (tertiary/aromatic N) is 2. The number of methoxy groups -OCH3 is 2. The molecule has 0 atom stereocenters. The Morgan fingerprint density at radius 2 is 2.00 bits per heavy atom. The first-order valence-corrected chi connectivity index (χ1v) is 7.11. The van der Waals surface area contributed by atoms with Crippen LogP contribution in [0, 0.1) is 0 Å². The van der Waals surface area contributed by atoms with Crippen LogP contribution in [-0.2, 0) is 20.8 Å². The zero-order valence-electron chi connectivity index (χ0n) is 13.0. The Morgan fingerprint density at radius 1 is 1.25 bits per heavy atom. The third kappa shape index (κ3) is 2.32. The van der Waals surface area contributed by atoms with Crippen molar-refractivity contribution in [2.24, 2.45) is 0 Å². The minimum atomic E-state index is -0.881. The first-order chi connectivity index (χ1) is 11.5. The van der Waals surface area contributed by atoms with Crippen molar-refractivity contribution in [2.75, 3.05) is 14.2 Å². The number of esters is 2. The molecule has 2 heterocycles. The van der Waals surface area contributed by atoms with E-state index in [0.29, 0.717) is 5.52 Å². The van der Waals surface area contributed by atoms with E-state index >= 15 is 0 Å². The van der Waals surface area contributed by atoms with Crippen LogP contribution in [0.4, 0.5) is 0 Å². The fourth-order valence-electron chi connectivity index (χ4n) is 2.68. The Kier molecular flexibility index (Phi) is 3.80. The number of fused-ring (bicyclic) bond motifs is 2. The molecule has 1 aliphatic rings. The first kappa shape index (κ1) is 15.7. The molecule has 0 radical (unpaired) electrons. The van der Waals surface area contributed by atoms with E-state index in [4.69, 9.17) is 0 Å². The minimum absolute atomic E-state index is 0.223. The summed E-state index contributed by atoms with van der Waals surface area (Å²) in [6, 6.07) is 4.44. The molecule has 0 amide bonds. The van der Waals surface area contributed by atoms with E-state index in [1.54, 1.807) is 0 Å². The molecule has 1 N–H and O–H groups in total. The molecule has 0 fully saturated rings. The van der Waals surface area contributed by atoms with Crippen molar-refractivity contribution in [3.63, 3.8) is 0 Å². The lowest BCUT2D eigenvalue weighted by atomic mass is 10.1. The first-order valence-electron chi connectivity index (χ1n) is 7.11. The molecular formula is C16H14N2O6. The van der Waals surface area contributed by atoms with Gasteiger partial charge in [0.2, 0.25) is 5.76 Å². The number of ether oxygens (including phenoxy) is 2. The number of carbonyl (C=O) groups excluding carboxylic acids is 2. The highest BCUT2D eigenvalue weighted by Gasteiger charge is 2.27. The molecule has 1 aromatic carbocycles. The van der Waals surface area contributed by atoms with E-state index in [9.17, 15) is 19.5 Å². The minimum Gasteiger partial charge on any atom is -0.502 e. The van der Waals surface area contributed by atoms with Crippen LogP contribution in [0.25, 0.3) is 16.5 Å². The highest BCUT2D eigenvalue weighted by molar-refractivity contribution is 5.96. The number of aromatic nitrogens is 2. The summed E-state index contributed by atoms with van der Waals surface area (Å²) >= 11 is 0. The monoisotopic (exact) mass is 330 g/mol. The molecule has 0 saturated heterocycles. The van der Waals surface area contributed by atoms with E-state index < -0.39 is 17.7 Å². The quantitative estimate of drug-likeness (QED) is 0.498. The normalized spacial score (nSPS) is 15.1. The number of benzene rings is 1. The SMILES string of the molecule is COC(=O)/C(O)=C1\CCn2c1nc1ccc(C(=O)OC)cc1c2=O. The molecule has 24 heavy (non-hydrogen) atoms. The number of aliphatic hydroxyl groups excluding tert-OH is 1. The summed E-state index contributed by atoms with van der Waals surface area (Å²) in [7, 11) is 2.41. The summed E-state index contributed by atoms with van der Waals surface area (Å²) in [5.41, 5.74) is 0.512. The second-order valence-electron chi connectivity index (χ2n) is 5.18. The largest absolute Gasteiger partial charge is 0.502 e. The number of aliphatic hydroxyl groups is 1.